The molecule has 0 aliphatic heterocycles. The number of thiazole rings is 1. The van der Waals surface area contributed by atoms with Crippen molar-refractivity contribution in [1.82, 2.24) is 9.97 Å². The van der Waals surface area contributed by atoms with Crippen molar-refractivity contribution in [3.63, 3.8) is 0 Å². The fourth-order valence-electron chi connectivity index (χ4n) is 3.48. The molecule has 0 fully saturated rings. The number of aryl methyl sites for hydroxylation is 1. The van der Waals surface area contributed by atoms with Crippen LogP contribution in [0.15, 0.2) is 29.2 Å². The molecule has 1 N–H and O–H groups in total. The number of carbonyl (C=O) groups is 2. The lowest BCUT2D eigenvalue weighted by Gasteiger charge is -2.15. The maximum atomic E-state index is 13.7. The molecule has 2 aromatic heterocycles. The van der Waals surface area contributed by atoms with E-state index >= 15 is 0 Å². The molecule has 138 valence electrons. The number of amides is 1. The van der Waals surface area contributed by atoms with Gasteiger partial charge in [0.1, 0.15) is 5.82 Å². The highest BCUT2D eigenvalue weighted by atomic mass is 32.1. The molecule has 2 heterocycles. The zero-order chi connectivity index (χ0) is 19.1. The Morgan fingerprint density at radius 3 is 2.96 bits per heavy atom. The lowest BCUT2D eigenvalue weighted by molar-refractivity contribution is -0.116. The van der Waals surface area contributed by atoms with E-state index in [1.807, 2.05) is 12.3 Å². The summed E-state index contributed by atoms with van der Waals surface area (Å²) in [5.74, 6) is -0.520. The van der Waals surface area contributed by atoms with E-state index in [1.165, 1.54) is 30.4 Å². The standard InChI is InChI=1S/C20H18FN3O2S/c1-3-24(11(2)25)20-22-14(10-27-20)8-12-4-6-17-18(19(12)26)15-9-13(21)5-7-16(15)23-17/h5,7-10,23H,3-4,6H2,1-2H3/b12-8+. The Morgan fingerprint density at radius 2 is 2.22 bits per heavy atom. The summed E-state index contributed by atoms with van der Waals surface area (Å²) < 4.78 is 13.7. The van der Waals surface area contributed by atoms with Crippen molar-refractivity contribution in [2.24, 2.45) is 0 Å². The van der Waals surface area contributed by atoms with Gasteiger partial charge in [-0.25, -0.2) is 9.37 Å². The van der Waals surface area contributed by atoms with Crippen LogP contribution < -0.4 is 4.90 Å². The number of ketones is 1. The number of nitrogens with one attached hydrogen (secondary N) is 1. The average Bonchev–Trinajstić information content (AvgIpc) is 3.22. The Labute approximate surface area is 159 Å². The summed E-state index contributed by atoms with van der Waals surface area (Å²) in [4.78, 5) is 34.0. The van der Waals surface area contributed by atoms with Crippen LogP contribution in [0.3, 0.4) is 0 Å². The van der Waals surface area contributed by atoms with E-state index in [0.717, 1.165) is 11.2 Å². The number of hydrogen-bond acceptors (Lipinski definition) is 4. The van der Waals surface area contributed by atoms with Gasteiger partial charge in [-0.2, -0.15) is 0 Å². The molecule has 1 amide bonds. The molecular formula is C20H18FN3O2S. The third-order valence-corrected chi connectivity index (χ3v) is 5.64. The van der Waals surface area contributed by atoms with Gasteiger partial charge in [0.2, 0.25) is 5.91 Å². The molecule has 1 aliphatic rings. The van der Waals surface area contributed by atoms with Crippen LogP contribution in [0, 0.1) is 5.82 Å². The highest BCUT2D eigenvalue weighted by Gasteiger charge is 2.26. The monoisotopic (exact) mass is 383 g/mol. The van der Waals surface area contributed by atoms with Gasteiger partial charge >= 0.3 is 0 Å². The van der Waals surface area contributed by atoms with Gasteiger partial charge in [-0.1, -0.05) is 0 Å². The highest BCUT2D eigenvalue weighted by molar-refractivity contribution is 7.14. The normalized spacial score (nSPS) is 15.4. The lowest BCUT2D eigenvalue weighted by atomic mass is 9.89. The molecular weight excluding hydrogens is 365 g/mol. The molecule has 3 aromatic rings. The molecule has 4 rings (SSSR count). The van der Waals surface area contributed by atoms with Crippen LogP contribution in [0.25, 0.3) is 17.0 Å². The number of fused-ring (bicyclic) bond motifs is 3. The number of aromatic amines is 1. The number of Topliss-reactive ketones (excluding diaryl/α,β-unsaturated/α-hetero) is 1. The van der Waals surface area contributed by atoms with Crippen LogP contribution >= 0.6 is 11.3 Å². The van der Waals surface area contributed by atoms with Gasteiger partial charge in [0, 0.05) is 41.0 Å². The fourth-order valence-corrected chi connectivity index (χ4v) is 4.37. The first-order valence-electron chi connectivity index (χ1n) is 8.77. The minimum Gasteiger partial charge on any atom is -0.358 e. The number of aromatic nitrogens is 2. The summed E-state index contributed by atoms with van der Waals surface area (Å²) >= 11 is 1.37. The molecule has 0 unspecified atom stereocenters. The lowest BCUT2D eigenvalue weighted by Crippen LogP contribution is -2.27. The van der Waals surface area contributed by atoms with Gasteiger partial charge in [0.05, 0.1) is 11.3 Å². The smallest absolute Gasteiger partial charge is 0.225 e. The predicted octanol–water partition coefficient (Wildman–Crippen LogP) is 4.35. The Balaban J connectivity index is 1.70. The second-order valence-electron chi connectivity index (χ2n) is 6.49. The van der Waals surface area contributed by atoms with Crippen LogP contribution in [0.5, 0.6) is 0 Å². The number of allylic oxidation sites excluding steroid dienone is 1. The van der Waals surface area contributed by atoms with Gasteiger partial charge < -0.3 is 4.98 Å². The van der Waals surface area contributed by atoms with E-state index in [0.29, 0.717) is 46.7 Å². The van der Waals surface area contributed by atoms with Crippen molar-refractivity contribution in [2.45, 2.75) is 26.7 Å². The summed E-state index contributed by atoms with van der Waals surface area (Å²) in [5.41, 5.74) is 3.48. The minimum absolute atomic E-state index is 0.0646. The van der Waals surface area contributed by atoms with Crippen molar-refractivity contribution in [2.75, 3.05) is 11.4 Å². The maximum Gasteiger partial charge on any atom is 0.225 e. The number of carbonyl (C=O) groups excluding carboxylic acids is 2. The van der Waals surface area contributed by atoms with Gasteiger partial charge in [0.25, 0.3) is 0 Å². The number of benzene rings is 1. The van der Waals surface area contributed by atoms with E-state index in [2.05, 4.69) is 9.97 Å². The van der Waals surface area contributed by atoms with Gasteiger partial charge in [-0.3, -0.25) is 14.5 Å². The Morgan fingerprint density at radius 1 is 1.41 bits per heavy atom. The number of rotatable bonds is 3. The zero-order valence-corrected chi connectivity index (χ0v) is 15.8. The molecule has 5 nitrogen and oxygen atoms in total. The molecule has 0 saturated heterocycles. The van der Waals surface area contributed by atoms with Crippen LogP contribution in [-0.4, -0.2) is 28.2 Å². The molecule has 0 bridgehead atoms. The van der Waals surface area contributed by atoms with Crippen molar-refractivity contribution >= 4 is 45.1 Å². The first-order valence-corrected chi connectivity index (χ1v) is 9.65. The average molecular weight is 383 g/mol. The van der Waals surface area contributed by atoms with Crippen LogP contribution in [0.1, 0.15) is 42.0 Å². The number of halogens is 1. The van der Waals surface area contributed by atoms with Crippen molar-refractivity contribution in [1.29, 1.82) is 0 Å². The molecule has 1 aromatic carbocycles. The molecule has 7 heteroatoms. The van der Waals surface area contributed by atoms with Crippen LogP contribution in [0.2, 0.25) is 0 Å². The van der Waals surface area contributed by atoms with Crippen molar-refractivity contribution in [3.8, 4) is 0 Å². The predicted molar refractivity (Wildman–Crippen MR) is 105 cm³/mol. The molecule has 0 radical (unpaired) electrons. The Bertz CT molecular complexity index is 1100. The third-order valence-electron chi connectivity index (χ3n) is 4.76. The van der Waals surface area contributed by atoms with Crippen molar-refractivity contribution < 1.29 is 14.0 Å². The van der Waals surface area contributed by atoms with Gasteiger partial charge in [-0.05, 0) is 44.0 Å². The van der Waals surface area contributed by atoms with Crippen LogP contribution in [-0.2, 0) is 11.2 Å². The summed E-state index contributed by atoms with van der Waals surface area (Å²) in [7, 11) is 0. The second kappa shape index (κ2) is 6.74. The van der Waals surface area contributed by atoms with Gasteiger partial charge in [-0.15, -0.1) is 11.3 Å². The number of hydrogen-bond donors (Lipinski definition) is 1. The molecule has 1 aliphatic carbocycles. The first kappa shape index (κ1) is 17.6. The third kappa shape index (κ3) is 3.08. The Kier molecular flexibility index (Phi) is 4.39. The Hall–Kier alpha value is -2.80. The summed E-state index contributed by atoms with van der Waals surface area (Å²) in [6.07, 6.45) is 3.06. The van der Waals surface area contributed by atoms with E-state index in [1.54, 1.807) is 17.0 Å². The van der Waals surface area contributed by atoms with Crippen molar-refractivity contribution in [3.05, 3.63) is 51.9 Å². The maximum absolute atomic E-state index is 13.7. The minimum atomic E-state index is -0.360. The fraction of sp³-hybridized carbons (Fsp3) is 0.250. The molecule has 0 spiro atoms. The highest BCUT2D eigenvalue weighted by Crippen LogP contribution is 2.33. The summed E-state index contributed by atoms with van der Waals surface area (Å²) in [6, 6.07) is 4.45. The number of nitrogens with zero attached hydrogens (tertiary/aromatic N) is 2. The molecule has 27 heavy (non-hydrogen) atoms. The first-order chi connectivity index (χ1) is 13.0. The van der Waals surface area contributed by atoms with Crippen LogP contribution in [0.4, 0.5) is 9.52 Å². The zero-order valence-electron chi connectivity index (χ0n) is 15.0. The summed E-state index contributed by atoms with van der Waals surface area (Å²) in [5, 5.41) is 3.08. The van der Waals surface area contributed by atoms with E-state index in [-0.39, 0.29) is 17.5 Å². The number of anilines is 1. The quantitative estimate of drug-likeness (QED) is 0.684. The topological polar surface area (TPSA) is 66.1 Å². The van der Waals surface area contributed by atoms with E-state index in [4.69, 9.17) is 0 Å². The molecule has 0 atom stereocenters. The van der Waals surface area contributed by atoms with E-state index < -0.39 is 0 Å². The SMILES string of the molecule is CCN(C(C)=O)c1nc(/C=C2\CCc3[nH]c4ccc(F)cc4c3C2=O)cs1. The summed E-state index contributed by atoms with van der Waals surface area (Å²) in [6.45, 7) is 3.94. The van der Waals surface area contributed by atoms with Gasteiger partial charge in [0.15, 0.2) is 10.9 Å². The largest absolute Gasteiger partial charge is 0.358 e. The van der Waals surface area contributed by atoms with E-state index in [9.17, 15) is 14.0 Å². The number of H-pyrrole nitrogens is 1. The molecule has 0 saturated carbocycles. The second-order valence-corrected chi connectivity index (χ2v) is 7.32.